The molecule has 3 aromatic rings. The molecule has 0 bridgehead atoms. The number of aryl methyl sites for hydroxylation is 1. The van der Waals surface area contributed by atoms with Gasteiger partial charge in [0.2, 0.25) is 5.28 Å². The van der Waals surface area contributed by atoms with Gasteiger partial charge in [-0.3, -0.25) is 9.59 Å². The Kier molecular flexibility index (Phi) is 10.8. The van der Waals surface area contributed by atoms with Crippen molar-refractivity contribution in [2.75, 3.05) is 13.8 Å². The smallest absolute Gasteiger partial charge is 0.435 e. The molecule has 2 aromatic carbocycles. The Hall–Kier alpha value is -4.67. The van der Waals surface area contributed by atoms with Crippen LogP contribution in [0.25, 0.3) is 16.9 Å². The minimum atomic E-state index is -4.72. The molecular weight excluding hydrogens is 621 g/mol. The van der Waals surface area contributed by atoms with E-state index in [-0.39, 0.29) is 21.2 Å². The van der Waals surface area contributed by atoms with E-state index in [0.717, 1.165) is 33.5 Å². The van der Waals surface area contributed by atoms with Crippen LogP contribution in [0.3, 0.4) is 0 Å². The Morgan fingerprint density at radius 3 is 2.22 bits per heavy atom. The Morgan fingerprint density at radius 1 is 1.09 bits per heavy atom. The van der Waals surface area contributed by atoms with Gasteiger partial charge in [-0.05, 0) is 43.2 Å². The van der Waals surface area contributed by atoms with Gasteiger partial charge in [-0.1, -0.05) is 57.5 Å². The lowest BCUT2D eigenvalue weighted by molar-refractivity contribution is -0.712. The molecule has 17 heteroatoms. The Balaban J connectivity index is 1.81. The number of sulfonamides is 1. The summed E-state index contributed by atoms with van der Waals surface area (Å²) in [6.07, 6.45) is -4.72. The van der Waals surface area contributed by atoms with Crippen molar-refractivity contribution in [1.82, 2.24) is 19.5 Å². The predicted molar refractivity (Wildman–Crippen MR) is 153 cm³/mol. The molecule has 45 heavy (non-hydrogen) atoms. The maximum Gasteiger partial charge on any atom is 0.435 e. The molecule has 0 spiro atoms. The second kappa shape index (κ2) is 14.0. The molecule has 244 valence electrons. The number of likely N-dealkylation sites (N-methyl/N-ethyl adjacent to an activating group) is 1. The number of rotatable bonds is 12. The molecule has 1 N–H and O–H groups in total. The van der Waals surface area contributed by atoms with E-state index >= 15 is 0 Å². The highest BCUT2D eigenvalue weighted by Crippen LogP contribution is 2.33. The van der Waals surface area contributed by atoms with Crippen LogP contribution >= 0.6 is 0 Å². The molecular formula is C28H33F3N6O7S. The van der Waals surface area contributed by atoms with Crippen LogP contribution < -0.4 is 4.72 Å². The van der Waals surface area contributed by atoms with E-state index in [2.05, 4.69) is 15.2 Å². The molecule has 1 atom stereocenters. The number of esters is 1. The number of nitrogens with zero attached hydrogens (tertiary/aromatic N) is 5. The predicted octanol–water partition coefficient (Wildman–Crippen LogP) is 4.59. The van der Waals surface area contributed by atoms with Gasteiger partial charge in [-0.2, -0.15) is 18.3 Å². The number of hydrogen-bond acceptors (Lipinski definition) is 9. The fourth-order valence-electron chi connectivity index (χ4n) is 4.06. The van der Waals surface area contributed by atoms with Crippen molar-refractivity contribution in [3.8, 4) is 16.9 Å². The number of halogens is 3. The van der Waals surface area contributed by atoms with Crippen molar-refractivity contribution >= 4 is 21.9 Å². The van der Waals surface area contributed by atoms with Crippen LogP contribution in [0.15, 0.2) is 64.8 Å². The number of ether oxygens (including phenoxy) is 1. The standard InChI is InChI=1S/C28H33F3N6O7S/c1-17(2)25(35(6)37(40)34-44-16-43-27(39)18(3)4)26(38)33-45(41,42)22-13-11-21(12-14-22)36-23(15-24(32-36)28(29,30)31)20-9-7-19(5)8-10-20/h7-15,17-18,25H,16H2,1-6H3,(H,33,38)/b37-34+/t25-/m0/s1. The molecule has 0 radical (unpaired) electrons. The molecule has 0 fully saturated rings. The fourth-order valence-corrected chi connectivity index (χ4v) is 5.05. The van der Waals surface area contributed by atoms with Crippen LogP contribution in [-0.4, -0.2) is 59.9 Å². The maximum absolute atomic E-state index is 13.5. The van der Waals surface area contributed by atoms with Crippen LogP contribution in [0.4, 0.5) is 13.2 Å². The number of amides is 1. The summed E-state index contributed by atoms with van der Waals surface area (Å²) in [5.41, 5.74) is 0.487. The van der Waals surface area contributed by atoms with E-state index < -0.39 is 58.4 Å². The van der Waals surface area contributed by atoms with Crippen molar-refractivity contribution in [2.24, 2.45) is 17.1 Å². The molecule has 0 aliphatic rings. The molecule has 0 saturated heterocycles. The lowest BCUT2D eigenvalue weighted by Crippen LogP contribution is -2.51. The largest absolute Gasteiger partial charge is 0.569 e. The third-order valence-corrected chi connectivity index (χ3v) is 7.76. The van der Waals surface area contributed by atoms with E-state index in [1.165, 1.54) is 19.2 Å². The van der Waals surface area contributed by atoms with E-state index in [1.54, 1.807) is 52.0 Å². The zero-order valence-electron chi connectivity index (χ0n) is 25.3. The highest BCUT2D eigenvalue weighted by Gasteiger charge is 2.36. The Labute approximate surface area is 257 Å². The van der Waals surface area contributed by atoms with Gasteiger partial charge in [0.25, 0.3) is 22.7 Å². The Morgan fingerprint density at radius 2 is 1.69 bits per heavy atom. The number of nitrogens with one attached hydrogen (secondary N) is 1. The van der Waals surface area contributed by atoms with Gasteiger partial charge in [0.05, 0.1) is 34.2 Å². The summed E-state index contributed by atoms with van der Waals surface area (Å²) in [4.78, 5) is 28.7. The zero-order valence-corrected chi connectivity index (χ0v) is 26.1. The zero-order chi connectivity index (χ0) is 33.7. The number of hydrazine groups is 1. The third-order valence-electron chi connectivity index (χ3n) is 6.40. The van der Waals surface area contributed by atoms with Gasteiger partial charge >= 0.3 is 12.1 Å². The molecule has 13 nitrogen and oxygen atoms in total. The van der Waals surface area contributed by atoms with Crippen LogP contribution in [0.5, 0.6) is 0 Å². The van der Waals surface area contributed by atoms with Crippen molar-refractivity contribution < 1.29 is 45.7 Å². The van der Waals surface area contributed by atoms with E-state index in [9.17, 15) is 36.4 Å². The molecule has 1 amide bonds. The van der Waals surface area contributed by atoms with Crippen molar-refractivity contribution in [1.29, 1.82) is 0 Å². The first kappa shape index (κ1) is 34.8. The van der Waals surface area contributed by atoms with Gasteiger partial charge < -0.3 is 14.8 Å². The monoisotopic (exact) mass is 654 g/mol. The highest BCUT2D eigenvalue weighted by molar-refractivity contribution is 7.90. The second-order valence-corrected chi connectivity index (χ2v) is 12.3. The van der Waals surface area contributed by atoms with Crippen molar-refractivity contribution in [3.63, 3.8) is 0 Å². The SMILES string of the molecule is Cc1ccc(-c2cc(C(F)(F)F)nn2-c2ccc(S(=O)(=O)NC(=O)[C@H](C(C)C)N(C)/[N+]([O-])=N\OCOC(=O)C(C)C)cc2)cc1. The summed E-state index contributed by atoms with van der Waals surface area (Å²) in [5, 5.41) is 20.1. The van der Waals surface area contributed by atoms with E-state index in [1.807, 2.05) is 11.6 Å². The number of aromatic nitrogens is 2. The van der Waals surface area contributed by atoms with Crippen molar-refractivity contribution in [3.05, 3.63) is 71.1 Å². The van der Waals surface area contributed by atoms with Gasteiger partial charge in [0, 0.05) is 5.56 Å². The number of alkyl halides is 3. The topological polar surface area (TPSA) is 158 Å². The van der Waals surface area contributed by atoms with Crippen LogP contribution in [-0.2, 0) is 35.4 Å². The van der Waals surface area contributed by atoms with Gasteiger partial charge in [0.1, 0.15) is 0 Å². The first-order valence-corrected chi connectivity index (χ1v) is 15.0. The fraction of sp³-hybridized carbons (Fsp3) is 0.393. The average Bonchev–Trinajstić information content (AvgIpc) is 3.41. The number of carbonyl (C=O) groups is 2. The van der Waals surface area contributed by atoms with Crippen LogP contribution in [0.2, 0.25) is 0 Å². The normalized spacial score (nSPS) is 13.1. The summed E-state index contributed by atoms with van der Waals surface area (Å²) < 4.78 is 74.5. The van der Waals surface area contributed by atoms with Gasteiger partial charge in [-0.15, -0.1) is 5.01 Å². The molecule has 1 heterocycles. The van der Waals surface area contributed by atoms with Crippen molar-refractivity contribution in [2.45, 2.75) is 51.7 Å². The van der Waals surface area contributed by atoms with E-state index in [4.69, 9.17) is 4.74 Å². The second-order valence-electron chi connectivity index (χ2n) is 10.6. The summed E-state index contributed by atoms with van der Waals surface area (Å²) in [6.45, 7) is 7.48. The number of benzene rings is 2. The number of hydrogen-bond donors (Lipinski definition) is 1. The molecule has 3 rings (SSSR count). The molecule has 0 unspecified atom stereocenters. The maximum atomic E-state index is 13.5. The lowest BCUT2D eigenvalue weighted by atomic mass is 10.0. The summed E-state index contributed by atoms with van der Waals surface area (Å²) >= 11 is 0. The summed E-state index contributed by atoms with van der Waals surface area (Å²) in [7, 11) is -3.32. The van der Waals surface area contributed by atoms with E-state index in [0.29, 0.717) is 5.56 Å². The highest BCUT2D eigenvalue weighted by atomic mass is 32.2. The van der Waals surface area contributed by atoms with Crippen LogP contribution in [0, 0.1) is 24.0 Å². The quantitative estimate of drug-likeness (QED) is 0.0736. The number of carbonyl (C=O) groups excluding carboxylic acids is 2. The molecule has 0 aliphatic heterocycles. The summed E-state index contributed by atoms with van der Waals surface area (Å²) in [6, 6.07) is 11.0. The molecule has 0 saturated carbocycles. The molecule has 0 aliphatic carbocycles. The minimum absolute atomic E-state index is 0.0974. The average molecular weight is 655 g/mol. The third kappa shape index (κ3) is 8.71. The van der Waals surface area contributed by atoms with Gasteiger partial charge in [0.15, 0.2) is 11.7 Å². The van der Waals surface area contributed by atoms with Gasteiger partial charge in [-0.25, -0.2) is 17.8 Å². The van der Waals surface area contributed by atoms with Crippen LogP contribution in [0.1, 0.15) is 39.0 Å². The Bertz CT molecular complexity index is 1640. The molecule has 1 aromatic heterocycles. The summed E-state index contributed by atoms with van der Waals surface area (Å²) in [5.74, 6) is -2.69. The first-order chi connectivity index (χ1) is 20.9. The minimum Gasteiger partial charge on any atom is -0.569 e. The first-order valence-electron chi connectivity index (χ1n) is 13.5. The lowest BCUT2D eigenvalue weighted by Gasteiger charge is -2.25.